The minimum absolute atomic E-state index is 0.311. The molecule has 1 atom stereocenters. The Labute approximate surface area is 128 Å². The molecule has 21 heavy (non-hydrogen) atoms. The van der Waals surface area contributed by atoms with E-state index >= 15 is 0 Å². The summed E-state index contributed by atoms with van der Waals surface area (Å²) in [6, 6.07) is 10.5. The van der Waals surface area contributed by atoms with Crippen molar-refractivity contribution in [2.24, 2.45) is 0 Å². The molecule has 0 saturated heterocycles. The predicted octanol–water partition coefficient (Wildman–Crippen LogP) is 3.28. The first-order valence-corrected chi connectivity index (χ1v) is 7.78. The normalized spacial score (nSPS) is 14.8. The molecule has 0 radical (unpaired) electrons. The van der Waals surface area contributed by atoms with Gasteiger partial charge in [0.25, 0.3) is 0 Å². The fraction of sp³-hybridized carbons (Fsp3) is 0.312. The number of hydrogen-bond donors (Lipinski definition) is 1. The Morgan fingerprint density at radius 2 is 1.95 bits per heavy atom. The van der Waals surface area contributed by atoms with Gasteiger partial charge in [0.05, 0.1) is 0 Å². The van der Waals surface area contributed by atoms with E-state index in [2.05, 4.69) is 23.3 Å². The molecule has 0 spiro atoms. The average Bonchev–Trinajstić information content (AvgIpc) is 2.55. The van der Waals surface area contributed by atoms with Crippen LogP contribution in [0.1, 0.15) is 18.5 Å². The second-order valence-electron chi connectivity index (χ2n) is 4.85. The highest BCUT2D eigenvalue weighted by atomic mass is 32.2. The van der Waals surface area contributed by atoms with Crippen molar-refractivity contribution < 1.29 is 9.47 Å². The van der Waals surface area contributed by atoms with Crippen molar-refractivity contribution in [1.82, 2.24) is 10.3 Å². The average molecular weight is 302 g/mol. The summed E-state index contributed by atoms with van der Waals surface area (Å²) in [5, 5.41) is 4.18. The van der Waals surface area contributed by atoms with Crippen LogP contribution in [0.25, 0.3) is 0 Å². The van der Waals surface area contributed by atoms with Crippen LogP contribution >= 0.6 is 11.8 Å². The highest BCUT2D eigenvalue weighted by molar-refractivity contribution is 7.99. The number of fused-ring (bicyclic) bond motifs is 1. The van der Waals surface area contributed by atoms with Crippen molar-refractivity contribution in [2.75, 3.05) is 20.3 Å². The fourth-order valence-electron chi connectivity index (χ4n) is 2.08. The highest BCUT2D eigenvalue weighted by Crippen LogP contribution is 2.36. The molecule has 0 aliphatic carbocycles. The summed E-state index contributed by atoms with van der Waals surface area (Å²) in [4.78, 5) is 5.60. The van der Waals surface area contributed by atoms with E-state index in [9.17, 15) is 0 Å². The zero-order chi connectivity index (χ0) is 14.7. The molecule has 1 aliphatic rings. The van der Waals surface area contributed by atoms with Crippen LogP contribution in [-0.2, 0) is 0 Å². The molecule has 110 valence electrons. The summed E-state index contributed by atoms with van der Waals surface area (Å²) in [7, 11) is 1.95. The maximum Gasteiger partial charge on any atom is 0.162 e. The predicted molar refractivity (Wildman–Crippen MR) is 83.3 cm³/mol. The molecule has 2 aromatic rings. The number of benzene rings is 1. The first-order valence-electron chi connectivity index (χ1n) is 6.97. The Morgan fingerprint density at radius 3 is 2.67 bits per heavy atom. The van der Waals surface area contributed by atoms with E-state index in [1.807, 2.05) is 37.5 Å². The summed E-state index contributed by atoms with van der Waals surface area (Å²) in [5.41, 5.74) is 1.18. The molecule has 0 fully saturated rings. The van der Waals surface area contributed by atoms with Gasteiger partial charge >= 0.3 is 0 Å². The first-order chi connectivity index (χ1) is 10.3. The van der Waals surface area contributed by atoms with Gasteiger partial charge in [-0.1, -0.05) is 17.8 Å². The smallest absolute Gasteiger partial charge is 0.162 e. The van der Waals surface area contributed by atoms with Gasteiger partial charge in [-0.15, -0.1) is 0 Å². The SMILES string of the molecule is CNC(C)c1ccc(Sc2ccc3c(c2)OCCO3)nc1. The molecule has 4 nitrogen and oxygen atoms in total. The van der Waals surface area contributed by atoms with Crippen LogP contribution in [0.4, 0.5) is 0 Å². The molecule has 3 rings (SSSR count). The van der Waals surface area contributed by atoms with Gasteiger partial charge in [-0.25, -0.2) is 4.98 Å². The van der Waals surface area contributed by atoms with Gasteiger partial charge in [0.2, 0.25) is 0 Å². The van der Waals surface area contributed by atoms with Crippen LogP contribution in [-0.4, -0.2) is 25.2 Å². The van der Waals surface area contributed by atoms with E-state index in [1.54, 1.807) is 11.8 Å². The van der Waals surface area contributed by atoms with Crippen LogP contribution in [0.2, 0.25) is 0 Å². The summed E-state index contributed by atoms with van der Waals surface area (Å²) in [5.74, 6) is 1.63. The van der Waals surface area contributed by atoms with E-state index in [0.29, 0.717) is 19.3 Å². The molecule has 1 aromatic carbocycles. The lowest BCUT2D eigenvalue weighted by Crippen LogP contribution is -2.15. The number of nitrogens with one attached hydrogen (secondary N) is 1. The molecule has 0 amide bonds. The molecule has 2 heterocycles. The quantitative estimate of drug-likeness (QED) is 0.939. The number of aromatic nitrogens is 1. The number of ether oxygens (including phenoxy) is 2. The largest absolute Gasteiger partial charge is 0.486 e. The zero-order valence-electron chi connectivity index (χ0n) is 12.1. The van der Waals surface area contributed by atoms with Gasteiger partial charge in [0.15, 0.2) is 11.5 Å². The summed E-state index contributed by atoms with van der Waals surface area (Å²) >= 11 is 1.62. The van der Waals surface area contributed by atoms with Crippen LogP contribution in [0.15, 0.2) is 46.5 Å². The van der Waals surface area contributed by atoms with Crippen molar-refractivity contribution >= 4 is 11.8 Å². The third-order valence-electron chi connectivity index (χ3n) is 3.43. The summed E-state index contributed by atoms with van der Waals surface area (Å²) < 4.78 is 11.1. The monoisotopic (exact) mass is 302 g/mol. The lowest BCUT2D eigenvalue weighted by Gasteiger charge is -2.18. The molecule has 1 N–H and O–H groups in total. The number of rotatable bonds is 4. The van der Waals surface area contributed by atoms with Crippen LogP contribution in [0.3, 0.4) is 0 Å². The van der Waals surface area contributed by atoms with E-state index in [0.717, 1.165) is 21.4 Å². The second kappa shape index (κ2) is 6.37. The maximum absolute atomic E-state index is 5.60. The van der Waals surface area contributed by atoms with Crippen molar-refractivity contribution in [3.63, 3.8) is 0 Å². The van der Waals surface area contributed by atoms with E-state index in [-0.39, 0.29) is 0 Å². The maximum atomic E-state index is 5.60. The Hall–Kier alpha value is -1.72. The van der Waals surface area contributed by atoms with Gasteiger partial charge in [-0.05, 0) is 43.8 Å². The van der Waals surface area contributed by atoms with Gasteiger partial charge < -0.3 is 14.8 Å². The van der Waals surface area contributed by atoms with Crippen LogP contribution in [0.5, 0.6) is 11.5 Å². The zero-order valence-corrected chi connectivity index (χ0v) is 12.9. The summed E-state index contributed by atoms with van der Waals surface area (Å²) in [6.45, 7) is 3.34. The van der Waals surface area contributed by atoms with Gasteiger partial charge in [0, 0.05) is 17.1 Å². The molecule has 1 aliphatic heterocycles. The topological polar surface area (TPSA) is 43.4 Å². The Balaban J connectivity index is 1.74. The third-order valence-corrected chi connectivity index (χ3v) is 4.37. The number of nitrogens with zero attached hydrogens (tertiary/aromatic N) is 1. The minimum Gasteiger partial charge on any atom is -0.486 e. The number of pyridine rings is 1. The first kappa shape index (κ1) is 14.2. The van der Waals surface area contributed by atoms with Crippen molar-refractivity contribution in [1.29, 1.82) is 0 Å². The lowest BCUT2D eigenvalue weighted by atomic mass is 10.1. The van der Waals surface area contributed by atoms with Crippen molar-refractivity contribution in [3.8, 4) is 11.5 Å². The summed E-state index contributed by atoms with van der Waals surface area (Å²) in [6.07, 6.45) is 1.92. The standard InChI is InChI=1S/C16H18N2O2S/c1-11(17-2)12-3-6-16(18-10-12)21-13-4-5-14-15(9-13)20-8-7-19-14/h3-6,9-11,17H,7-8H2,1-2H3. The molecule has 0 bridgehead atoms. The lowest BCUT2D eigenvalue weighted by molar-refractivity contribution is 0.171. The highest BCUT2D eigenvalue weighted by Gasteiger charge is 2.12. The number of hydrogen-bond acceptors (Lipinski definition) is 5. The van der Waals surface area contributed by atoms with E-state index in [1.165, 1.54) is 5.56 Å². The molecule has 5 heteroatoms. The molecule has 1 unspecified atom stereocenters. The Kier molecular flexibility index (Phi) is 4.31. The molecule has 1 aromatic heterocycles. The Morgan fingerprint density at radius 1 is 1.14 bits per heavy atom. The van der Waals surface area contributed by atoms with E-state index in [4.69, 9.17) is 9.47 Å². The molecular formula is C16H18N2O2S. The van der Waals surface area contributed by atoms with Gasteiger partial charge in [0.1, 0.15) is 18.2 Å². The van der Waals surface area contributed by atoms with E-state index < -0.39 is 0 Å². The van der Waals surface area contributed by atoms with Crippen LogP contribution in [0, 0.1) is 0 Å². The molecular weight excluding hydrogens is 284 g/mol. The fourth-order valence-corrected chi connectivity index (χ4v) is 2.87. The van der Waals surface area contributed by atoms with Crippen molar-refractivity contribution in [2.45, 2.75) is 22.9 Å². The van der Waals surface area contributed by atoms with Crippen molar-refractivity contribution in [3.05, 3.63) is 42.1 Å². The Bertz CT molecular complexity index is 616. The second-order valence-corrected chi connectivity index (χ2v) is 5.94. The molecule has 0 saturated carbocycles. The van der Waals surface area contributed by atoms with Gasteiger partial charge in [-0.2, -0.15) is 0 Å². The third kappa shape index (κ3) is 3.31. The van der Waals surface area contributed by atoms with Gasteiger partial charge in [-0.3, -0.25) is 0 Å². The minimum atomic E-state index is 0.311. The van der Waals surface area contributed by atoms with Crippen LogP contribution < -0.4 is 14.8 Å².